The first-order valence-electron chi connectivity index (χ1n) is 15.6. The van der Waals surface area contributed by atoms with E-state index >= 15 is 0 Å². The Morgan fingerprint density at radius 1 is 0.634 bits per heavy atom. The molecular formula is C40H45N. The fraction of sp³-hybridized carbons (Fsp3) is 0.400. The van der Waals surface area contributed by atoms with Gasteiger partial charge in [0.2, 0.25) is 0 Å². The molecule has 4 aromatic rings. The maximum atomic E-state index is 2.64. The smallest absolute Gasteiger partial charge is 0.0452 e. The molecule has 0 aromatic heterocycles. The summed E-state index contributed by atoms with van der Waals surface area (Å²) in [6.45, 7) is 19.9. The van der Waals surface area contributed by atoms with Crippen LogP contribution >= 0.6 is 0 Å². The molecule has 0 saturated heterocycles. The van der Waals surface area contributed by atoms with Crippen LogP contribution < -0.4 is 4.90 Å². The molecule has 1 heterocycles. The normalized spacial score (nSPS) is 26.5. The van der Waals surface area contributed by atoms with Crippen LogP contribution in [0.4, 0.5) is 11.4 Å². The van der Waals surface area contributed by atoms with Crippen molar-refractivity contribution in [1.29, 1.82) is 0 Å². The Labute approximate surface area is 247 Å². The Kier molecular flexibility index (Phi) is 5.57. The van der Waals surface area contributed by atoms with Crippen molar-refractivity contribution in [2.75, 3.05) is 4.90 Å². The summed E-state index contributed by atoms with van der Waals surface area (Å²) < 4.78 is 0. The van der Waals surface area contributed by atoms with Gasteiger partial charge >= 0.3 is 0 Å². The molecule has 0 radical (unpaired) electrons. The number of anilines is 2. The van der Waals surface area contributed by atoms with E-state index in [-0.39, 0.29) is 16.2 Å². The van der Waals surface area contributed by atoms with Crippen molar-refractivity contribution in [2.45, 2.75) is 85.1 Å². The van der Waals surface area contributed by atoms with Crippen LogP contribution in [0.1, 0.15) is 84.9 Å². The monoisotopic (exact) mass is 539 g/mol. The number of hydrogen-bond donors (Lipinski definition) is 0. The number of para-hydroxylation sites is 1. The second-order valence-corrected chi connectivity index (χ2v) is 15.3. The fourth-order valence-electron chi connectivity index (χ4n) is 9.56. The first-order chi connectivity index (χ1) is 19.3. The highest BCUT2D eigenvalue weighted by Crippen LogP contribution is 2.65. The second kappa shape index (κ2) is 8.60. The van der Waals surface area contributed by atoms with Crippen LogP contribution in [0.5, 0.6) is 0 Å². The standard InChI is InChI=1S/C40H45N/c1-26-35-24-37(2,3)25-38(4,5)40(35,8)34-23-28(19-21-36(34)41(26)29-14-10-9-11-15-29)27-18-20-31-30-16-12-13-17-32(30)39(6,7)33(31)22-27/h9-23,26,35H,24-25H2,1-8H3. The third-order valence-electron chi connectivity index (χ3n) is 11.6. The summed E-state index contributed by atoms with van der Waals surface area (Å²) in [6.07, 6.45) is 2.48. The molecule has 7 rings (SSSR count). The predicted octanol–water partition coefficient (Wildman–Crippen LogP) is 10.9. The van der Waals surface area contributed by atoms with Gasteiger partial charge < -0.3 is 4.90 Å². The summed E-state index contributed by atoms with van der Waals surface area (Å²) in [4.78, 5) is 2.64. The Morgan fingerprint density at radius 3 is 1.98 bits per heavy atom. The van der Waals surface area contributed by atoms with E-state index in [0.29, 0.717) is 17.4 Å². The molecule has 3 atom stereocenters. The summed E-state index contributed by atoms with van der Waals surface area (Å²) in [7, 11) is 0. The van der Waals surface area contributed by atoms with Gasteiger partial charge in [-0.2, -0.15) is 0 Å². The van der Waals surface area contributed by atoms with Crippen LogP contribution in [0.15, 0.2) is 91.0 Å². The van der Waals surface area contributed by atoms with E-state index in [4.69, 9.17) is 0 Å². The van der Waals surface area contributed by atoms with E-state index in [0.717, 1.165) is 0 Å². The SMILES string of the molecule is CC1C2CC(C)(C)CC(C)(C)C2(C)c2cc(-c3ccc4c(c3)C(C)(C)c3ccccc3-4)ccc2N1c1ccccc1. The van der Waals surface area contributed by atoms with E-state index in [1.165, 1.54) is 63.2 Å². The fourth-order valence-corrected chi connectivity index (χ4v) is 9.56. The highest BCUT2D eigenvalue weighted by atomic mass is 15.2. The molecule has 4 aromatic carbocycles. The van der Waals surface area contributed by atoms with Crippen LogP contribution in [0.25, 0.3) is 22.3 Å². The lowest BCUT2D eigenvalue weighted by atomic mass is 9.44. The van der Waals surface area contributed by atoms with Crippen LogP contribution in [-0.4, -0.2) is 6.04 Å². The summed E-state index contributed by atoms with van der Waals surface area (Å²) in [5.41, 5.74) is 13.1. The molecule has 2 aliphatic carbocycles. The lowest BCUT2D eigenvalue weighted by Crippen LogP contribution is -2.61. The predicted molar refractivity (Wildman–Crippen MR) is 175 cm³/mol. The Morgan fingerprint density at radius 2 is 1.24 bits per heavy atom. The lowest BCUT2D eigenvalue weighted by Gasteiger charge is -2.64. The van der Waals surface area contributed by atoms with Gasteiger partial charge in [0.05, 0.1) is 0 Å². The minimum Gasteiger partial charge on any atom is -0.338 e. The topological polar surface area (TPSA) is 3.24 Å². The van der Waals surface area contributed by atoms with E-state index in [9.17, 15) is 0 Å². The van der Waals surface area contributed by atoms with Gasteiger partial charge in [-0.1, -0.05) is 109 Å². The van der Waals surface area contributed by atoms with Gasteiger partial charge in [-0.15, -0.1) is 0 Å². The van der Waals surface area contributed by atoms with Gasteiger partial charge in [-0.25, -0.2) is 0 Å². The molecule has 0 amide bonds. The molecule has 1 aliphatic heterocycles. The maximum Gasteiger partial charge on any atom is 0.0452 e. The van der Waals surface area contributed by atoms with Gasteiger partial charge in [0.15, 0.2) is 0 Å². The van der Waals surface area contributed by atoms with Crippen LogP contribution in [0.2, 0.25) is 0 Å². The average Bonchev–Trinajstić information content (AvgIpc) is 3.16. The van der Waals surface area contributed by atoms with Crippen molar-refractivity contribution in [1.82, 2.24) is 0 Å². The minimum absolute atomic E-state index is 0.00367. The van der Waals surface area contributed by atoms with Gasteiger partial charge in [0.25, 0.3) is 0 Å². The third-order valence-corrected chi connectivity index (χ3v) is 11.6. The van der Waals surface area contributed by atoms with Crippen molar-refractivity contribution in [3.63, 3.8) is 0 Å². The molecule has 3 aliphatic rings. The minimum atomic E-state index is 0.00367. The van der Waals surface area contributed by atoms with E-state index in [1.54, 1.807) is 0 Å². The summed E-state index contributed by atoms with van der Waals surface area (Å²) in [6, 6.07) is 35.0. The first-order valence-corrected chi connectivity index (χ1v) is 15.6. The molecule has 0 spiro atoms. The highest BCUT2D eigenvalue weighted by molar-refractivity contribution is 5.84. The van der Waals surface area contributed by atoms with Gasteiger partial charge in [-0.3, -0.25) is 0 Å². The number of rotatable bonds is 2. The summed E-state index contributed by atoms with van der Waals surface area (Å²) in [5.74, 6) is 0.553. The number of hydrogen-bond acceptors (Lipinski definition) is 1. The van der Waals surface area contributed by atoms with E-state index < -0.39 is 0 Å². The number of benzene rings is 4. The zero-order chi connectivity index (χ0) is 28.9. The number of nitrogens with zero attached hydrogens (tertiary/aromatic N) is 1. The molecule has 1 heteroatoms. The van der Waals surface area contributed by atoms with Crippen molar-refractivity contribution in [3.05, 3.63) is 108 Å². The molecule has 1 fully saturated rings. The van der Waals surface area contributed by atoms with Crippen LogP contribution in [0, 0.1) is 16.7 Å². The molecule has 3 unspecified atom stereocenters. The zero-order valence-electron chi connectivity index (χ0n) is 26.2. The quantitative estimate of drug-likeness (QED) is 0.245. The number of fused-ring (bicyclic) bond motifs is 6. The van der Waals surface area contributed by atoms with Crippen LogP contribution in [-0.2, 0) is 10.8 Å². The molecule has 0 bridgehead atoms. The summed E-state index contributed by atoms with van der Waals surface area (Å²) in [5, 5.41) is 0. The second-order valence-electron chi connectivity index (χ2n) is 15.3. The van der Waals surface area contributed by atoms with Gasteiger partial charge in [-0.05, 0) is 106 Å². The maximum absolute atomic E-state index is 2.64. The zero-order valence-corrected chi connectivity index (χ0v) is 26.2. The van der Waals surface area contributed by atoms with Crippen molar-refractivity contribution in [2.24, 2.45) is 16.7 Å². The third kappa shape index (κ3) is 3.67. The Bertz CT molecular complexity index is 1660. The van der Waals surface area contributed by atoms with Crippen LogP contribution in [0.3, 0.4) is 0 Å². The largest absolute Gasteiger partial charge is 0.338 e. The van der Waals surface area contributed by atoms with E-state index in [2.05, 4.69) is 151 Å². The average molecular weight is 540 g/mol. The van der Waals surface area contributed by atoms with Crippen molar-refractivity contribution >= 4 is 11.4 Å². The van der Waals surface area contributed by atoms with E-state index in [1.807, 2.05) is 0 Å². The molecule has 1 saturated carbocycles. The van der Waals surface area contributed by atoms with Crippen molar-refractivity contribution < 1.29 is 0 Å². The molecule has 210 valence electrons. The summed E-state index contributed by atoms with van der Waals surface area (Å²) >= 11 is 0. The molecule has 1 nitrogen and oxygen atoms in total. The van der Waals surface area contributed by atoms with Crippen molar-refractivity contribution in [3.8, 4) is 22.3 Å². The molecular weight excluding hydrogens is 494 g/mol. The van der Waals surface area contributed by atoms with Gasteiger partial charge in [0, 0.05) is 28.2 Å². The van der Waals surface area contributed by atoms with Gasteiger partial charge in [0.1, 0.15) is 0 Å². The highest BCUT2D eigenvalue weighted by Gasteiger charge is 2.60. The Hall–Kier alpha value is -3.32. The molecule has 41 heavy (non-hydrogen) atoms. The Balaban J connectivity index is 1.42. The molecule has 0 N–H and O–H groups in total. The first kappa shape index (κ1) is 26.6. The lowest BCUT2D eigenvalue weighted by molar-refractivity contribution is -0.0355.